The number of esters is 1. The van der Waals surface area contributed by atoms with Gasteiger partial charge in [0.05, 0.1) is 23.6 Å². The van der Waals surface area contributed by atoms with Gasteiger partial charge in [-0.1, -0.05) is 0 Å². The molecule has 1 atom stereocenters. The fourth-order valence-electron chi connectivity index (χ4n) is 5.39. The van der Waals surface area contributed by atoms with Gasteiger partial charge in [0.25, 0.3) is 5.56 Å². The van der Waals surface area contributed by atoms with E-state index in [9.17, 15) is 14.4 Å². The molecule has 0 aliphatic heterocycles. The quantitative estimate of drug-likeness (QED) is 0.484. The normalized spacial score (nSPS) is 15.6. The minimum Gasteiger partial charge on any atom is -0.462 e. The van der Waals surface area contributed by atoms with Crippen molar-refractivity contribution in [2.24, 2.45) is 0 Å². The summed E-state index contributed by atoms with van der Waals surface area (Å²) in [4.78, 5) is 46.3. The largest absolute Gasteiger partial charge is 0.462 e. The zero-order chi connectivity index (χ0) is 26.3. The first-order valence-corrected chi connectivity index (χ1v) is 13.9. The minimum absolute atomic E-state index is 0.203. The van der Waals surface area contributed by atoms with Crippen LogP contribution in [0.15, 0.2) is 10.9 Å². The third-order valence-corrected chi connectivity index (χ3v) is 8.43. The van der Waals surface area contributed by atoms with Gasteiger partial charge in [-0.2, -0.15) is 5.10 Å². The van der Waals surface area contributed by atoms with E-state index in [0.29, 0.717) is 28.5 Å². The summed E-state index contributed by atoms with van der Waals surface area (Å²) in [7, 11) is 0. The maximum Gasteiger partial charge on any atom is 0.341 e. The molecule has 2 aliphatic carbocycles. The Labute approximate surface area is 219 Å². The summed E-state index contributed by atoms with van der Waals surface area (Å²) < 4.78 is 8.43. The van der Waals surface area contributed by atoms with E-state index >= 15 is 0 Å². The van der Waals surface area contributed by atoms with Gasteiger partial charge < -0.3 is 10.1 Å². The molecule has 5 rings (SSSR count). The molecule has 196 valence electrons. The van der Waals surface area contributed by atoms with Crippen LogP contribution in [0.4, 0.5) is 5.00 Å². The Morgan fingerprint density at radius 1 is 1.11 bits per heavy atom. The van der Waals surface area contributed by atoms with E-state index < -0.39 is 12.0 Å². The molecule has 0 radical (unpaired) electrons. The lowest BCUT2D eigenvalue weighted by atomic mass is 9.95. The third kappa shape index (κ3) is 4.63. The third-order valence-electron chi connectivity index (χ3n) is 7.22. The fourth-order valence-corrected chi connectivity index (χ4v) is 6.67. The highest BCUT2D eigenvalue weighted by Gasteiger charge is 2.31. The number of carbonyl (C=O) groups is 2. The maximum absolute atomic E-state index is 13.8. The Hall–Kier alpha value is -3.27. The smallest absolute Gasteiger partial charge is 0.341 e. The van der Waals surface area contributed by atoms with E-state index in [-0.39, 0.29) is 18.1 Å². The molecule has 0 spiro atoms. The topological polar surface area (TPSA) is 108 Å². The molecular weight excluding hydrogens is 490 g/mol. The molecule has 1 N–H and O–H groups in total. The zero-order valence-corrected chi connectivity index (χ0v) is 22.7. The summed E-state index contributed by atoms with van der Waals surface area (Å²) in [6, 6.07) is 1.04. The van der Waals surface area contributed by atoms with Crippen molar-refractivity contribution in [1.82, 2.24) is 19.3 Å². The number of hydrogen-bond acceptors (Lipinski definition) is 7. The standard InChI is InChI=1S/C27H33N5O4S/c1-5-36-26(35)22-19-11-7-9-13-21(19)37-24(22)29-23(33)17(4)31-25(34)18-10-6-8-12-20(18)28-27(31)32-16(3)14-15(2)30-32/h14,17H,5-13H2,1-4H3,(H,29,33). The van der Waals surface area contributed by atoms with E-state index in [1.807, 2.05) is 19.9 Å². The summed E-state index contributed by atoms with van der Waals surface area (Å²) in [5, 5.41) is 8.03. The van der Waals surface area contributed by atoms with Crippen LogP contribution < -0.4 is 10.9 Å². The highest BCUT2D eigenvalue weighted by molar-refractivity contribution is 7.17. The molecule has 0 saturated carbocycles. The summed E-state index contributed by atoms with van der Waals surface area (Å²) in [6.45, 7) is 7.52. The molecule has 0 aromatic carbocycles. The molecule has 0 fully saturated rings. The number of rotatable bonds is 6. The summed E-state index contributed by atoms with van der Waals surface area (Å²) in [5.74, 6) is -0.456. The molecule has 1 unspecified atom stereocenters. The summed E-state index contributed by atoms with van der Waals surface area (Å²) >= 11 is 1.44. The number of aromatic nitrogens is 4. The van der Waals surface area contributed by atoms with Gasteiger partial charge in [0.2, 0.25) is 11.9 Å². The maximum atomic E-state index is 13.8. The molecule has 0 saturated heterocycles. The van der Waals surface area contributed by atoms with Gasteiger partial charge in [-0.3, -0.25) is 14.2 Å². The summed E-state index contributed by atoms with van der Waals surface area (Å²) in [6.07, 6.45) is 7.03. The SMILES string of the molecule is CCOC(=O)c1c(NC(=O)C(C)n2c(-n3nc(C)cc3C)nc3c(c2=O)CCCC3)sc2c1CCCC2. The van der Waals surface area contributed by atoms with Crippen LogP contribution in [-0.4, -0.2) is 37.8 Å². The number of ether oxygens (including phenoxy) is 1. The molecule has 37 heavy (non-hydrogen) atoms. The number of nitrogens with zero attached hydrogens (tertiary/aromatic N) is 4. The van der Waals surface area contributed by atoms with Gasteiger partial charge in [-0.25, -0.2) is 14.5 Å². The molecule has 3 aromatic heterocycles. The van der Waals surface area contributed by atoms with Crippen LogP contribution in [0.5, 0.6) is 0 Å². The van der Waals surface area contributed by atoms with Crippen molar-refractivity contribution in [3.63, 3.8) is 0 Å². The zero-order valence-electron chi connectivity index (χ0n) is 21.8. The average molecular weight is 524 g/mol. The molecule has 2 aliphatic rings. The Morgan fingerprint density at radius 2 is 1.81 bits per heavy atom. The number of amides is 1. The molecule has 1 amide bonds. The van der Waals surface area contributed by atoms with Crippen LogP contribution in [0.3, 0.4) is 0 Å². The van der Waals surface area contributed by atoms with Crippen LogP contribution in [0, 0.1) is 13.8 Å². The highest BCUT2D eigenvalue weighted by Crippen LogP contribution is 2.39. The van der Waals surface area contributed by atoms with Crippen LogP contribution >= 0.6 is 11.3 Å². The van der Waals surface area contributed by atoms with Crippen LogP contribution in [0.25, 0.3) is 5.95 Å². The predicted molar refractivity (Wildman–Crippen MR) is 142 cm³/mol. The second-order valence-electron chi connectivity index (χ2n) is 9.86. The number of hydrogen-bond donors (Lipinski definition) is 1. The molecule has 9 nitrogen and oxygen atoms in total. The van der Waals surface area contributed by atoms with Crippen LogP contribution in [0.1, 0.15) is 89.0 Å². The van der Waals surface area contributed by atoms with Crippen molar-refractivity contribution in [3.8, 4) is 5.95 Å². The Bertz CT molecular complexity index is 1430. The lowest BCUT2D eigenvalue weighted by Gasteiger charge is -2.23. The van der Waals surface area contributed by atoms with E-state index in [4.69, 9.17) is 9.72 Å². The Kier molecular flexibility index (Phi) is 7.02. The van der Waals surface area contributed by atoms with Crippen molar-refractivity contribution in [2.75, 3.05) is 11.9 Å². The second-order valence-corrected chi connectivity index (χ2v) is 11.0. The van der Waals surface area contributed by atoms with Crippen molar-refractivity contribution >= 4 is 28.2 Å². The molecular formula is C27H33N5O4S. The van der Waals surface area contributed by atoms with Gasteiger partial charge in [0, 0.05) is 16.1 Å². The molecule has 10 heteroatoms. The summed E-state index contributed by atoms with van der Waals surface area (Å²) in [5.41, 5.74) is 4.33. The highest BCUT2D eigenvalue weighted by atomic mass is 32.1. The van der Waals surface area contributed by atoms with E-state index in [2.05, 4.69) is 10.4 Å². The number of thiophene rings is 1. The Morgan fingerprint density at radius 3 is 2.51 bits per heavy atom. The fraction of sp³-hybridized carbons (Fsp3) is 0.519. The van der Waals surface area contributed by atoms with Gasteiger partial charge in [-0.15, -0.1) is 11.3 Å². The van der Waals surface area contributed by atoms with Crippen molar-refractivity contribution in [2.45, 2.75) is 85.1 Å². The second kappa shape index (κ2) is 10.2. The monoisotopic (exact) mass is 523 g/mol. The van der Waals surface area contributed by atoms with Crippen LogP contribution in [0.2, 0.25) is 0 Å². The van der Waals surface area contributed by atoms with Crippen molar-refractivity contribution < 1.29 is 14.3 Å². The van der Waals surface area contributed by atoms with Gasteiger partial charge >= 0.3 is 5.97 Å². The number of aryl methyl sites for hydroxylation is 4. The Balaban J connectivity index is 1.57. The van der Waals surface area contributed by atoms with E-state index in [1.165, 1.54) is 15.9 Å². The van der Waals surface area contributed by atoms with Crippen LogP contribution in [-0.2, 0) is 35.2 Å². The van der Waals surface area contributed by atoms with Gasteiger partial charge in [0.1, 0.15) is 11.0 Å². The number of nitrogens with one attached hydrogen (secondary N) is 1. The molecule has 0 bridgehead atoms. The molecule has 3 aromatic rings. The lowest BCUT2D eigenvalue weighted by Crippen LogP contribution is -2.38. The predicted octanol–water partition coefficient (Wildman–Crippen LogP) is 4.24. The van der Waals surface area contributed by atoms with Crippen molar-refractivity contribution in [1.29, 1.82) is 0 Å². The number of fused-ring (bicyclic) bond motifs is 2. The first kappa shape index (κ1) is 25.4. The van der Waals surface area contributed by atoms with E-state index in [1.54, 1.807) is 18.5 Å². The molecule has 3 heterocycles. The number of anilines is 1. The van der Waals surface area contributed by atoms with E-state index in [0.717, 1.165) is 72.5 Å². The van der Waals surface area contributed by atoms with Gasteiger partial charge in [0.15, 0.2) is 0 Å². The average Bonchev–Trinajstić information content (AvgIpc) is 3.41. The first-order chi connectivity index (χ1) is 17.8. The minimum atomic E-state index is -0.875. The lowest BCUT2D eigenvalue weighted by molar-refractivity contribution is -0.118. The first-order valence-electron chi connectivity index (χ1n) is 13.1. The van der Waals surface area contributed by atoms with Gasteiger partial charge in [-0.05, 0) is 90.7 Å². The van der Waals surface area contributed by atoms with Crippen molar-refractivity contribution in [3.05, 3.63) is 55.1 Å². The number of carbonyl (C=O) groups excluding carboxylic acids is 2.